The number of hydrogen-bond acceptors (Lipinski definition) is 5. The van der Waals surface area contributed by atoms with E-state index in [-0.39, 0.29) is 17.8 Å². The maximum absolute atomic E-state index is 14.0. The number of nitrogens with one attached hydrogen (secondary N) is 2. The number of urea groups is 1. The Morgan fingerprint density at radius 1 is 1.17 bits per heavy atom. The molecule has 6 rings (SSSR count). The molecule has 2 aliphatic rings. The first kappa shape index (κ1) is 22.0. The van der Waals surface area contributed by atoms with Crippen LogP contribution in [-0.2, 0) is 23.3 Å². The molecule has 2 aliphatic heterocycles. The van der Waals surface area contributed by atoms with Gasteiger partial charge in [0.2, 0.25) is 0 Å². The van der Waals surface area contributed by atoms with Gasteiger partial charge in [-0.1, -0.05) is 12.1 Å². The van der Waals surface area contributed by atoms with Crippen LogP contribution in [0.1, 0.15) is 34.3 Å². The topological polar surface area (TPSA) is 108 Å². The third-order valence-corrected chi connectivity index (χ3v) is 7.16. The Balaban J connectivity index is 1.39. The third-order valence-electron chi connectivity index (χ3n) is 7.16. The molecule has 1 fully saturated rings. The normalized spacial score (nSPS) is 18.9. The zero-order valence-corrected chi connectivity index (χ0v) is 19.8. The van der Waals surface area contributed by atoms with Crippen LogP contribution in [0.2, 0.25) is 0 Å². The van der Waals surface area contributed by atoms with Crippen LogP contribution in [0.25, 0.3) is 10.9 Å². The average molecular weight is 485 g/mol. The highest BCUT2D eigenvalue weighted by Gasteiger charge is 2.59. The summed E-state index contributed by atoms with van der Waals surface area (Å²) in [5.41, 5.74) is 1.82. The molecule has 4 heterocycles. The van der Waals surface area contributed by atoms with Gasteiger partial charge in [0.1, 0.15) is 11.5 Å². The second-order valence-corrected chi connectivity index (χ2v) is 9.07. The molecular formula is C27H24N4O5. The van der Waals surface area contributed by atoms with Crippen LogP contribution in [0.4, 0.5) is 10.5 Å². The fourth-order valence-corrected chi connectivity index (χ4v) is 5.29. The lowest BCUT2D eigenvalue weighted by atomic mass is 9.87. The molecule has 0 bridgehead atoms. The zero-order valence-electron chi connectivity index (χ0n) is 19.8. The minimum atomic E-state index is -1.23. The Labute approximate surface area is 206 Å². The zero-order chi connectivity index (χ0) is 25.0. The van der Waals surface area contributed by atoms with Crippen molar-refractivity contribution in [2.75, 3.05) is 18.6 Å². The van der Waals surface area contributed by atoms with Gasteiger partial charge in [-0.05, 0) is 61.4 Å². The van der Waals surface area contributed by atoms with E-state index in [2.05, 4.69) is 10.3 Å². The summed E-state index contributed by atoms with van der Waals surface area (Å²) < 4.78 is 10.7. The van der Waals surface area contributed by atoms with Gasteiger partial charge in [0.15, 0.2) is 5.54 Å². The Morgan fingerprint density at radius 3 is 2.78 bits per heavy atom. The Bertz CT molecular complexity index is 1520. The summed E-state index contributed by atoms with van der Waals surface area (Å²) in [5.74, 6) is 0.512. The number of H-pyrrole nitrogens is 1. The molecule has 1 atom stereocenters. The molecule has 0 aliphatic carbocycles. The maximum Gasteiger partial charge on any atom is 0.332 e. The number of aromatic amines is 1. The summed E-state index contributed by atoms with van der Waals surface area (Å²) in [6.45, 7) is 2.33. The summed E-state index contributed by atoms with van der Waals surface area (Å²) in [6, 6.07) is 15.4. The van der Waals surface area contributed by atoms with Gasteiger partial charge in [0.25, 0.3) is 11.8 Å². The predicted octanol–water partition coefficient (Wildman–Crippen LogP) is 3.94. The van der Waals surface area contributed by atoms with Crippen LogP contribution in [0.5, 0.6) is 5.75 Å². The van der Waals surface area contributed by atoms with E-state index in [0.717, 1.165) is 27.1 Å². The van der Waals surface area contributed by atoms with Crippen LogP contribution in [0, 0.1) is 0 Å². The molecule has 182 valence electrons. The van der Waals surface area contributed by atoms with Crippen molar-refractivity contribution >= 4 is 34.4 Å². The fourth-order valence-electron chi connectivity index (χ4n) is 5.29. The number of fused-ring (bicyclic) bond motifs is 5. The molecule has 2 aromatic heterocycles. The smallest absolute Gasteiger partial charge is 0.332 e. The number of carbonyl (C=O) groups is 3. The fraction of sp³-hybridized carbons (Fsp3) is 0.222. The number of furan rings is 1. The van der Waals surface area contributed by atoms with Crippen LogP contribution in [-0.4, -0.2) is 41.4 Å². The van der Waals surface area contributed by atoms with Gasteiger partial charge in [-0.15, -0.1) is 0 Å². The second kappa shape index (κ2) is 8.01. The molecule has 0 saturated carbocycles. The Morgan fingerprint density at radius 2 is 2.00 bits per heavy atom. The number of rotatable bonds is 5. The van der Waals surface area contributed by atoms with Crippen molar-refractivity contribution < 1.29 is 23.5 Å². The van der Waals surface area contributed by atoms with E-state index in [1.54, 1.807) is 55.3 Å². The molecule has 9 nitrogen and oxygen atoms in total. The van der Waals surface area contributed by atoms with Gasteiger partial charge in [0, 0.05) is 17.4 Å². The lowest BCUT2D eigenvalue weighted by molar-refractivity contribution is -0.125. The summed E-state index contributed by atoms with van der Waals surface area (Å²) in [7, 11) is 1.61. The summed E-state index contributed by atoms with van der Waals surface area (Å²) in [4.78, 5) is 46.8. The number of methoxy groups -OCH3 is 1. The molecule has 4 amide bonds. The Kier molecular flexibility index (Phi) is 4.89. The van der Waals surface area contributed by atoms with Gasteiger partial charge in [0.05, 0.1) is 36.9 Å². The number of amides is 4. The maximum atomic E-state index is 14.0. The Hall–Kier alpha value is -4.53. The summed E-state index contributed by atoms with van der Waals surface area (Å²) in [6.07, 6.45) is 2.12. The monoisotopic (exact) mass is 484 g/mol. The van der Waals surface area contributed by atoms with E-state index >= 15 is 0 Å². The highest BCUT2D eigenvalue weighted by molar-refractivity contribution is 6.25. The van der Waals surface area contributed by atoms with Crippen molar-refractivity contribution in [1.82, 2.24) is 15.2 Å². The number of hydrogen-bond donors (Lipinski definition) is 2. The average Bonchev–Trinajstić information content (AvgIpc) is 3.59. The van der Waals surface area contributed by atoms with Crippen molar-refractivity contribution in [2.45, 2.75) is 25.4 Å². The lowest BCUT2D eigenvalue weighted by Crippen LogP contribution is -2.49. The molecule has 36 heavy (non-hydrogen) atoms. The summed E-state index contributed by atoms with van der Waals surface area (Å²) >= 11 is 0. The van der Waals surface area contributed by atoms with E-state index in [1.807, 2.05) is 18.2 Å². The van der Waals surface area contributed by atoms with E-state index in [9.17, 15) is 14.4 Å². The third kappa shape index (κ3) is 3.05. The predicted molar refractivity (Wildman–Crippen MR) is 132 cm³/mol. The second-order valence-electron chi connectivity index (χ2n) is 9.07. The van der Waals surface area contributed by atoms with Gasteiger partial charge in [-0.2, -0.15) is 0 Å². The number of imide groups is 1. The van der Waals surface area contributed by atoms with E-state index in [1.165, 1.54) is 6.26 Å². The van der Waals surface area contributed by atoms with Crippen molar-refractivity contribution in [1.29, 1.82) is 0 Å². The minimum Gasteiger partial charge on any atom is -0.497 e. The number of nitrogens with zero attached hydrogens (tertiary/aromatic N) is 2. The quantitative estimate of drug-likeness (QED) is 0.417. The van der Waals surface area contributed by atoms with E-state index in [4.69, 9.17) is 9.15 Å². The minimum absolute atomic E-state index is 0.188. The van der Waals surface area contributed by atoms with Crippen LogP contribution in [0.15, 0.2) is 65.3 Å². The molecular weight excluding hydrogens is 460 g/mol. The molecule has 4 aromatic rings. The van der Waals surface area contributed by atoms with Gasteiger partial charge >= 0.3 is 6.03 Å². The first-order valence-corrected chi connectivity index (χ1v) is 11.7. The molecule has 2 N–H and O–H groups in total. The SMILES string of the molecule is COc1ccc2[nH]c3c(c2c1)CCN1C(=O)N(c2ccccc2C(=O)NCc2ccco2)C(=O)C31C. The first-order valence-electron chi connectivity index (χ1n) is 11.7. The van der Waals surface area contributed by atoms with E-state index in [0.29, 0.717) is 24.4 Å². The van der Waals surface area contributed by atoms with Crippen LogP contribution < -0.4 is 15.0 Å². The summed E-state index contributed by atoms with van der Waals surface area (Å²) in [5, 5.41) is 3.77. The highest BCUT2D eigenvalue weighted by Crippen LogP contribution is 2.46. The first-order chi connectivity index (χ1) is 17.4. The standard InChI is InChI=1S/C27H24N4O5/c1-27-23-18(20-14-16(35-2)9-10-21(20)29-23)11-12-30(27)26(34)31(25(27)33)22-8-4-3-7-19(22)24(32)28-15-17-6-5-13-36-17/h3-10,13-14,29H,11-12,15H2,1-2H3,(H,28,32). The molecule has 0 radical (unpaired) electrons. The lowest BCUT2D eigenvalue weighted by Gasteiger charge is -2.35. The van der Waals surface area contributed by atoms with Gasteiger partial charge in [-0.25, -0.2) is 9.69 Å². The molecule has 2 aromatic carbocycles. The number of ether oxygens (including phenoxy) is 1. The van der Waals surface area contributed by atoms with Crippen molar-refractivity contribution in [3.63, 3.8) is 0 Å². The van der Waals surface area contributed by atoms with Crippen molar-refractivity contribution in [2.24, 2.45) is 0 Å². The number of para-hydroxylation sites is 1. The number of anilines is 1. The van der Waals surface area contributed by atoms with Crippen molar-refractivity contribution in [3.8, 4) is 5.75 Å². The number of benzene rings is 2. The molecule has 1 unspecified atom stereocenters. The molecule has 1 saturated heterocycles. The largest absolute Gasteiger partial charge is 0.497 e. The van der Waals surface area contributed by atoms with Gasteiger partial charge in [-0.3, -0.25) is 9.59 Å². The number of carbonyl (C=O) groups excluding carboxylic acids is 3. The molecule has 0 spiro atoms. The van der Waals surface area contributed by atoms with Crippen molar-refractivity contribution in [3.05, 3.63) is 83.4 Å². The highest BCUT2D eigenvalue weighted by atomic mass is 16.5. The van der Waals surface area contributed by atoms with Crippen LogP contribution >= 0.6 is 0 Å². The van der Waals surface area contributed by atoms with E-state index < -0.39 is 23.4 Å². The van der Waals surface area contributed by atoms with Gasteiger partial charge < -0.3 is 24.4 Å². The van der Waals surface area contributed by atoms with Crippen LogP contribution in [0.3, 0.4) is 0 Å². The molecule has 9 heteroatoms. The number of aromatic nitrogens is 1.